The van der Waals surface area contributed by atoms with E-state index in [1.165, 1.54) is 37.7 Å². The number of aliphatic hydroxyl groups is 1. The zero-order valence-electron chi connectivity index (χ0n) is 8.55. The Morgan fingerprint density at radius 1 is 1.38 bits per heavy atom. The minimum atomic E-state index is 0.286. The number of aliphatic hydroxyl groups excluding tert-OH is 1. The smallest absolute Gasteiger partial charge is 0.0436 e. The average molecular weight is 180 g/mol. The molecule has 0 aromatic carbocycles. The topological polar surface area (TPSA) is 20.2 Å². The Hall–Kier alpha value is -0.520. The summed E-state index contributed by atoms with van der Waals surface area (Å²) in [5, 5.41) is 8.72. The van der Waals surface area contributed by atoms with Crippen molar-refractivity contribution in [3.8, 4) is 0 Å². The number of rotatable bonds is 3. The molecule has 1 rings (SSSR count). The molecule has 0 spiro atoms. The standard InChI is InChI=1S/C12H20O/c1-11(9-10-13)7-8-12-5-3-2-4-6-12/h7,11,13H,2-6,9-10H2,1H3. The summed E-state index contributed by atoms with van der Waals surface area (Å²) in [5.74, 6) is 0.472. The van der Waals surface area contributed by atoms with Gasteiger partial charge in [0.25, 0.3) is 0 Å². The summed E-state index contributed by atoms with van der Waals surface area (Å²) in [7, 11) is 0. The van der Waals surface area contributed by atoms with Crippen molar-refractivity contribution < 1.29 is 5.11 Å². The van der Waals surface area contributed by atoms with Gasteiger partial charge >= 0.3 is 0 Å². The third kappa shape index (κ3) is 4.31. The SMILES string of the molecule is CC(C=C=C1CCCCC1)CCO. The lowest BCUT2D eigenvalue weighted by Gasteiger charge is -2.10. The third-order valence-electron chi connectivity index (χ3n) is 2.61. The Bertz CT molecular complexity index is 191. The van der Waals surface area contributed by atoms with Gasteiger partial charge in [0, 0.05) is 6.61 Å². The average Bonchev–Trinajstić information content (AvgIpc) is 2.17. The van der Waals surface area contributed by atoms with Crippen LogP contribution in [0.3, 0.4) is 0 Å². The molecule has 0 aliphatic heterocycles. The first-order valence-corrected chi connectivity index (χ1v) is 5.38. The number of allylic oxidation sites excluding steroid dienone is 1. The van der Waals surface area contributed by atoms with Crippen molar-refractivity contribution in [1.82, 2.24) is 0 Å². The van der Waals surface area contributed by atoms with Crippen LogP contribution in [0.25, 0.3) is 0 Å². The van der Waals surface area contributed by atoms with E-state index in [-0.39, 0.29) is 6.61 Å². The Kier molecular flexibility index (Phi) is 4.88. The quantitative estimate of drug-likeness (QED) is 0.662. The second-order valence-corrected chi connectivity index (χ2v) is 3.96. The van der Waals surface area contributed by atoms with Crippen molar-refractivity contribution in [2.45, 2.75) is 45.4 Å². The maximum atomic E-state index is 8.72. The molecule has 0 radical (unpaired) electrons. The van der Waals surface area contributed by atoms with Gasteiger partial charge in [0.15, 0.2) is 0 Å². The lowest BCUT2D eigenvalue weighted by atomic mass is 9.95. The van der Waals surface area contributed by atoms with Crippen LogP contribution in [0.2, 0.25) is 0 Å². The molecular formula is C12H20O. The molecule has 1 saturated carbocycles. The van der Waals surface area contributed by atoms with Crippen molar-refractivity contribution >= 4 is 0 Å². The van der Waals surface area contributed by atoms with Crippen LogP contribution >= 0.6 is 0 Å². The van der Waals surface area contributed by atoms with E-state index in [0.29, 0.717) is 5.92 Å². The summed E-state index contributed by atoms with van der Waals surface area (Å²) in [6, 6.07) is 0. The molecule has 1 fully saturated rings. The molecule has 13 heavy (non-hydrogen) atoms. The highest BCUT2D eigenvalue weighted by atomic mass is 16.2. The highest BCUT2D eigenvalue weighted by Gasteiger charge is 2.03. The van der Waals surface area contributed by atoms with Crippen molar-refractivity contribution in [3.05, 3.63) is 17.4 Å². The van der Waals surface area contributed by atoms with Gasteiger partial charge in [-0.05, 0) is 49.7 Å². The molecule has 1 aliphatic carbocycles. The number of hydrogen-bond donors (Lipinski definition) is 1. The van der Waals surface area contributed by atoms with Gasteiger partial charge in [0.2, 0.25) is 0 Å². The Labute approximate surface area is 81.2 Å². The molecule has 1 nitrogen and oxygen atoms in total. The van der Waals surface area contributed by atoms with E-state index in [1.54, 1.807) is 0 Å². The van der Waals surface area contributed by atoms with Gasteiger partial charge in [-0.15, -0.1) is 5.73 Å². The van der Waals surface area contributed by atoms with Crippen molar-refractivity contribution in [1.29, 1.82) is 0 Å². The summed E-state index contributed by atoms with van der Waals surface area (Å²) in [5.41, 5.74) is 4.87. The third-order valence-corrected chi connectivity index (χ3v) is 2.61. The predicted molar refractivity (Wildman–Crippen MR) is 55.5 cm³/mol. The second-order valence-electron chi connectivity index (χ2n) is 3.96. The monoisotopic (exact) mass is 180 g/mol. The van der Waals surface area contributed by atoms with E-state index >= 15 is 0 Å². The Morgan fingerprint density at radius 3 is 2.69 bits per heavy atom. The molecule has 1 aliphatic rings. The van der Waals surface area contributed by atoms with E-state index < -0.39 is 0 Å². The molecular weight excluding hydrogens is 160 g/mol. The highest BCUT2D eigenvalue weighted by molar-refractivity contribution is 5.04. The minimum absolute atomic E-state index is 0.286. The molecule has 0 amide bonds. The lowest BCUT2D eigenvalue weighted by molar-refractivity contribution is 0.274. The molecule has 1 heteroatoms. The fourth-order valence-electron chi connectivity index (χ4n) is 1.67. The molecule has 1 N–H and O–H groups in total. The number of hydrogen-bond acceptors (Lipinski definition) is 1. The first kappa shape index (κ1) is 10.6. The van der Waals surface area contributed by atoms with Gasteiger partial charge < -0.3 is 5.11 Å². The van der Waals surface area contributed by atoms with Crippen LogP contribution in [-0.2, 0) is 0 Å². The van der Waals surface area contributed by atoms with Gasteiger partial charge in [0.1, 0.15) is 0 Å². The normalized spacial score (nSPS) is 19.4. The molecule has 1 unspecified atom stereocenters. The summed E-state index contributed by atoms with van der Waals surface area (Å²) in [6.07, 6.45) is 9.52. The van der Waals surface area contributed by atoms with Gasteiger partial charge in [-0.1, -0.05) is 13.3 Å². The molecule has 0 aromatic heterocycles. The lowest BCUT2D eigenvalue weighted by Crippen LogP contribution is -1.94. The summed E-state index contributed by atoms with van der Waals surface area (Å²) in [4.78, 5) is 0. The van der Waals surface area contributed by atoms with Gasteiger partial charge in [0.05, 0.1) is 0 Å². The van der Waals surface area contributed by atoms with Crippen molar-refractivity contribution in [3.63, 3.8) is 0 Å². The van der Waals surface area contributed by atoms with Crippen molar-refractivity contribution in [2.24, 2.45) is 5.92 Å². The van der Waals surface area contributed by atoms with Gasteiger partial charge in [-0.3, -0.25) is 0 Å². The first-order chi connectivity index (χ1) is 6.33. The van der Waals surface area contributed by atoms with E-state index in [2.05, 4.69) is 18.7 Å². The van der Waals surface area contributed by atoms with Crippen LogP contribution in [0, 0.1) is 5.92 Å². The zero-order valence-corrected chi connectivity index (χ0v) is 8.55. The van der Waals surface area contributed by atoms with E-state index in [9.17, 15) is 0 Å². The van der Waals surface area contributed by atoms with Crippen LogP contribution in [0.5, 0.6) is 0 Å². The second kappa shape index (κ2) is 6.01. The van der Waals surface area contributed by atoms with Gasteiger partial charge in [-0.2, -0.15) is 0 Å². The van der Waals surface area contributed by atoms with E-state index in [4.69, 9.17) is 5.11 Å². The summed E-state index contributed by atoms with van der Waals surface area (Å²) < 4.78 is 0. The summed E-state index contributed by atoms with van der Waals surface area (Å²) in [6.45, 7) is 2.42. The first-order valence-electron chi connectivity index (χ1n) is 5.38. The molecule has 0 saturated heterocycles. The van der Waals surface area contributed by atoms with Crippen LogP contribution in [0.15, 0.2) is 17.4 Å². The molecule has 0 bridgehead atoms. The van der Waals surface area contributed by atoms with E-state index in [0.717, 1.165) is 6.42 Å². The summed E-state index contributed by atoms with van der Waals surface area (Å²) >= 11 is 0. The van der Waals surface area contributed by atoms with Crippen LogP contribution < -0.4 is 0 Å². The molecule has 0 heterocycles. The predicted octanol–water partition coefficient (Wildman–Crippen LogP) is 3.05. The molecule has 1 atom stereocenters. The molecule has 74 valence electrons. The van der Waals surface area contributed by atoms with Crippen LogP contribution in [0.1, 0.15) is 45.4 Å². The zero-order chi connectivity index (χ0) is 9.52. The Morgan fingerprint density at radius 2 is 2.08 bits per heavy atom. The fraction of sp³-hybridized carbons (Fsp3) is 0.750. The maximum Gasteiger partial charge on any atom is 0.0436 e. The fourth-order valence-corrected chi connectivity index (χ4v) is 1.67. The maximum absolute atomic E-state index is 8.72. The van der Waals surface area contributed by atoms with Crippen LogP contribution in [-0.4, -0.2) is 11.7 Å². The minimum Gasteiger partial charge on any atom is -0.396 e. The highest BCUT2D eigenvalue weighted by Crippen LogP contribution is 2.21. The van der Waals surface area contributed by atoms with Gasteiger partial charge in [-0.25, -0.2) is 0 Å². The van der Waals surface area contributed by atoms with Crippen LogP contribution in [0.4, 0.5) is 0 Å². The van der Waals surface area contributed by atoms with Crippen molar-refractivity contribution in [2.75, 3.05) is 6.61 Å². The largest absolute Gasteiger partial charge is 0.396 e. The Balaban J connectivity index is 2.41. The molecule has 0 aromatic rings. The van der Waals surface area contributed by atoms with E-state index in [1.807, 2.05) is 0 Å².